The molecule has 0 unspecified atom stereocenters. The average Bonchev–Trinajstić information content (AvgIpc) is 1.81. The van der Waals surface area contributed by atoms with Crippen LogP contribution < -0.4 is 11.1 Å². The van der Waals surface area contributed by atoms with E-state index in [2.05, 4.69) is 17.5 Å². The Morgan fingerprint density at radius 1 is 1.25 bits per heavy atom. The van der Waals surface area contributed by atoms with Gasteiger partial charge in [-0.1, -0.05) is 0 Å². The molecule has 1 aromatic rings. The smallest absolute Gasteiger partial charge is 0.168 e. The molecule has 5 N–H and O–H groups in total. The van der Waals surface area contributed by atoms with E-state index in [1.165, 1.54) is 18.2 Å². The van der Waals surface area contributed by atoms with E-state index in [1.54, 1.807) is 0 Å². The third kappa shape index (κ3) is 2.28. The minimum atomic E-state index is -0.0475. The Labute approximate surface area is 74.6 Å². The van der Waals surface area contributed by atoms with E-state index < -0.39 is 0 Å². The van der Waals surface area contributed by atoms with Crippen molar-refractivity contribution in [2.24, 2.45) is 5.73 Å². The highest BCUT2D eigenvalue weighted by Crippen LogP contribution is 2.23. The zero-order valence-corrected chi connectivity index (χ0v) is 6.93. The van der Waals surface area contributed by atoms with E-state index in [0.717, 1.165) is 0 Å². The van der Waals surface area contributed by atoms with Crippen LogP contribution in [0, 0.1) is 0 Å². The van der Waals surface area contributed by atoms with Gasteiger partial charge >= 0.3 is 0 Å². The molecular weight excluding hydrogens is 176 g/mol. The first kappa shape index (κ1) is 8.61. The first-order valence-electron chi connectivity index (χ1n) is 3.17. The third-order valence-corrected chi connectivity index (χ3v) is 1.27. The van der Waals surface area contributed by atoms with Crippen LogP contribution in [0.2, 0.25) is 0 Å². The number of benzene rings is 1. The lowest BCUT2D eigenvalue weighted by molar-refractivity contribution is 0.451. The largest absolute Gasteiger partial charge is 0.508 e. The summed E-state index contributed by atoms with van der Waals surface area (Å²) in [5, 5.41) is 20.7. The molecule has 0 aliphatic carbocycles. The predicted octanol–water partition coefficient (Wildman–Crippen LogP) is 0.753. The van der Waals surface area contributed by atoms with Gasteiger partial charge < -0.3 is 21.3 Å². The number of phenols is 2. The summed E-state index contributed by atoms with van der Waals surface area (Å²) < 4.78 is 0. The van der Waals surface area contributed by atoms with Gasteiger partial charge in [0.15, 0.2) is 5.11 Å². The number of thiocarbonyl (C=S) groups is 1. The average molecular weight is 184 g/mol. The molecule has 0 amide bonds. The maximum absolute atomic E-state index is 9.02. The Morgan fingerprint density at radius 3 is 2.17 bits per heavy atom. The molecule has 0 aromatic heterocycles. The molecule has 64 valence electrons. The second-order valence-electron chi connectivity index (χ2n) is 2.23. The van der Waals surface area contributed by atoms with Crippen molar-refractivity contribution in [1.82, 2.24) is 0 Å². The minimum Gasteiger partial charge on any atom is -0.508 e. The SMILES string of the molecule is NC(=S)Nc1cc(O)cc(O)c1. The van der Waals surface area contributed by atoms with Crippen LogP contribution in [0.25, 0.3) is 0 Å². The van der Waals surface area contributed by atoms with Gasteiger partial charge in [0, 0.05) is 23.9 Å². The van der Waals surface area contributed by atoms with Gasteiger partial charge in [-0.2, -0.15) is 0 Å². The zero-order chi connectivity index (χ0) is 9.14. The van der Waals surface area contributed by atoms with Crippen LogP contribution in [-0.2, 0) is 0 Å². The number of anilines is 1. The van der Waals surface area contributed by atoms with Crippen molar-refractivity contribution in [3.05, 3.63) is 18.2 Å². The van der Waals surface area contributed by atoms with E-state index in [9.17, 15) is 0 Å². The maximum Gasteiger partial charge on any atom is 0.168 e. The lowest BCUT2D eigenvalue weighted by Gasteiger charge is -2.04. The normalized spacial score (nSPS) is 9.33. The molecular formula is C7H8N2O2S. The minimum absolute atomic E-state index is 0.0475. The molecule has 4 nitrogen and oxygen atoms in total. The topological polar surface area (TPSA) is 78.5 Å². The fourth-order valence-electron chi connectivity index (χ4n) is 0.810. The molecule has 0 saturated heterocycles. The molecule has 0 heterocycles. The first-order valence-corrected chi connectivity index (χ1v) is 3.58. The summed E-state index contributed by atoms with van der Waals surface area (Å²) in [6, 6.07) is 4.02. The second kappa shape index (κ2) is 3.27. The summed E-state index contributed by atoms with van der Waals surface area (Å²) in [5.74, 6) is -0.0949. The molecule has 0 bridgehead atoms. The Morgan fingerprint density at radius 2 is 1.75 bits per heavy atom. The van der Waals surface area contributed by atoms with Gasteiger partial charge in [0.25, 0.3) is 0 Å². The van der Waals surface area contributed by atoms with Crippen LogP contribution in [0.15, 0.2) is 18.2 Å². The van der Waals surface area contributed by atoms with Crippen LogP contribution in [0.1, 0.15) is 0 Å². The molecule has 1 aromatic carbocycles. The highest BCUT2D eigenvalue weighted by molar-refractivity contribution is 7.80. The van der Waals surface area contributed by atoms with Crippen LogP contribution in [0.5, 0.6) is 11.5 Å². The van der Waals surface area contributed by atoms with Gasteiger partial charge in [-0.3, -0.25) is 0 Å². The number of rotatable bonds is 1. The van der Waals surface area contributed by atoms with Gasteiger partial charge in [-0.25, -0.2) is 0 Å². The van der Waals surface area contributed by atoms with Crippen LogP contribution in [0.4, 0.5) is 5.69 Å². The van der Waals surface area contributed by atoms with Gasteiger partial charge in [0.05, 0.1) is 0 Å². The molecule has 0 spiro atoms. The van der Waals surface area contributed by atoms with Crippen molar-refractivity contribution in [1.29, 1.82) is 0 Å². The molecule has 0 fully saturated rings. The second-order valence-corrected chi connectivity index (χ2v) is 2.67. The highest BCUT2D eigenvalue weighted by Gasteiger charge is 1.98. The quantitative estimate of drug-likeness (QED) is 0.484. The fraction of sp³-hybridized carbons (Fsp3) is 0. The fourth-order valence-corrected chi connectivity index (χ4v) is 0.927. The molecule has 0 atom stereocenters. The summed E-state index contributed by atoms with van der Waals surface area (Å²) in [7, 11) is 0. The Hall–Kier alpha value is -1.49. The van der Waals surface area contributed by atoms with Crippen molar-refractivity contribution < 1.29 is 10.2 Å². The molecule has 1 rings (SSSR count). The van der Waals surface area contributed by atoms with E-state index in [1.807, 2.05) is 0 Å². The summed E-state index contributed by atoms with van der Waals surface area (Å²) in [6.07, 6.45) is 0. The van der Waals surface area contributed by atoms with Crippen molar-refractivity contribution >= 4 is 23.0 Å². The van der Waals surface area contributed by atoms with Crippen LogP contribution in [-0.4, -0.2) is 15.3 Å². The van der Waals surface area contributed by atoms with E-state index in [-0.39, 0.29) is 16.6 Å². The maximum atomic E-state index is 9.02. The van der Waals surface area contributed by atoms with Crippen LogP contribution in [0.3, 0.4) is 0 Å². The molecule has 0 aliphatic heterocycles. The lowest BCUT2D eigenvalue weighted by Crippen LogP contribution is -2.18. The Bertz CT molecular complexity index is 294. The zero-order valence-electron chi connectivity index (χ0n) is 6.11. The summed E-state index contributed by atoms with van der Waals surface area (Å²) >= 11 is 4.57. The van der Waals surface area contributed by atoms with Crippen molar-refractivity contribution in [3.63, 3.8) is 0 Å². The number of nitrogens with one attached hydrogen (secondary N) is 1. The number of phenolic OH excluding ortho intramolecular Hbond substituents is 2. The van der Waals surface area contributed by atoms with Crippen LogP contribution >= 0.6 is 12.2 Å². The molecule has 0 radical (unpaired) electrons. The molecule has 0 saturated carbocycles. The first-order chi connectivity index (χ1) is 5.58. The number of hydrogen-bond acceptors (Lipinski definition) is 3. The van der Waals surface area contributed by atoms with Gasteiger partial charge in [0.1, 0.15) is 11.5 Å². The van der Waals surface area contributed by atoms with Gasteiger partial charge in [-0.15, -0.1) is 0 Å². The highest BCUT2D eigenvalue weighted by atomic mass is 32.1. The van der Waals surface area contributed by atoms with E-state index >= 15 is 0 Å². The third-order valence-electron chi connectivity index (χ3n) is 1.17. The Kier molecular flexibility index (Phi) is 2.35. The predicted molar refractivity (Wildman–Crippen MR) is 50.2 cm³/mol. The summed E-state index contributed by atoms with van der Waals surface area (Å²) in [4.78, 5) is 0. The van der Waals surface area contributed by atoms with E-state index in [4.69, 9.17) is 15.9 Å². The summed E-state index contributed by atoms with van der Waals surface area (Å²) in [5.41, 5.74) is 5.64. The summed E-state index contributed by atoms with van der Waals surface area (Å²) in [6.45, 7) is 0. The standard InChI is InChI=1S/C7H8N2O2S/c8-7(12)9-4-1-5(10)3-6(11)2-4/h1-3,10-11H,(H3,8,9,12). The monoisotopic (exact) mass is 184 g/mol. The van der Waals surface area contributed by atoms with Gasteiger partial charge in [0.2, 0.25) is 0 Å². The van der Waals surface area contributed by atoms with E-state index in [0.29, 0.717) is 5.69 Å². The molecule has 12 heavy (non-hydrogen) atoms. The lowest BCUT2D eigenvalue weighted by atomic mass is 10.3. The number of aromatic hydroxyl groups is 2. The van der Waals surface area contributed by atoms with Gasteiger partial charge in [-0.05, 0) is 12.2 Å². The van der Waals surface area contributed by atoms with Crippen molar-refractivity contribution in [3.8, 4) is 11.5 Å². The molecule has 0 aliphatic rings. The van der Waals surface area contributed by atoms with Crippen molar-refractivity contribution in [2.45, 2.75) is 0 Å². The Balaban J connectivity index is 2.93. The molecule has 5 heteroatoms. The number of nitrogens with two attached hydrogens (primary N) is 1. The van der Waals surface area contributed by atoms with Crippen molar-refractivity contribution in [2.75, 3.05) is 5.32 Å². The number of hydrogen-bond donors (Lipinski definition) is 4.